The van der Waals surface area contributed by atoms with Gasteiger partial charge >= 0.3 is 0 Å². The highest BCUT2D eigenvalue weighted by molar-refractivity contribution is 4.86. The van der Waals surface area contributed by atoms with Crippen molar-refractivity contribution in [3.63, 3.8) is 0 Å². The molecule has 0 saturated heterocycles. The Hall–Kier alpha value is -0.300. The topological polar surface area (TPSA) is 9.23 Å². The van der Waals surface area contributed by atoms with Crippen LogP contribution in [0.25, 0.3) is 0 Å². The fraction of sp³-hybridized carbons (Fsp3) is 0.889. The molecule has 0 aliphatic heterocycles. The van der Waals surface area contributed by atoms with Crippen LogP contribution in [0.2, 0.25) is 0 Å². The molecule has 0 saturated carbocycles. The van der Waals surface area contributed by atoms with Crippen molar-refractivity contribution < 1.29 is 4.74 Å². The summed E-state index contributed by atoms with van der Waals surface area (Å²) in [4.78, 5) is 0. The summed E-state index contributed by atoms with van der Waals surface area (Å²) < 4.78 is 5.05. The number of rotatable bonds is 15. The molecule has 1 nitrogen and oxygen atoms in total. The predicted molar refractivity (Wildman–Crippen MR) is 86.7 cm³/mol. The quantitative estimate of drug-likeness (QED) is 0.251. The first-order chi connectivity index (χ1) is 9.27. The Labute approximate surface area is 121 Å². The molecule has 0 unspecified atom stereocenters. The Morgan fingerprint density at radius 3 is 1.42 bits per heavy atom. The second-order valence-electron chi connectivity index (χ2n) is 5.94. The van der Waals surface area contributed by atoms with Gasteiger partial charge in [0.05, 0.1) is 0 Å². The molecule has 0 bridgehead atoms. The zero-order valence-corrected chi connectivity index (χ0v) is 13.5. The fourth-order valence-corrected chi connectivity index (χ4v) is 2.44. The Morgan fingerprint density at radius 1 is 0.684 bits per heavy atom. The van der Waals surface area contributed by atoms with Crippen LogP contribution in [0.3, 0.4) is 0 Å². The molecule has 0 fully saturated rings. The van der Waals surface area contributed by atoms with Gasteiger partial charge in [0.2, 0.25) is 0 Å². The van der Waals surface area contributed by atoms with E-state index in [1.807, 2.05) is 0 Å². The molecule has 0 aliphatic rings. The van der Waals surface area contributed by atoms with Gasteiger partial charge in [0.1, 0.15) is 0 Å². The van der Waals surface area contributed by atoms with Gasteiger partial charge in [-0.1, -0.05) is 69.8 Å². The first-order valence-corrected chi connectivity index (χ1v) is 8.40. The van der Waals surface area contributed by atoms with Gasteiger partial charge < -0.3 is 4.74 Å². The molecule has 0 amide bonds. The molecular formula is C18H36O. The van der Waals surface area contributed by atoms with Gasteiger partial charge in [-0.3, -0.25) is 0 Å². The number of ether oxygens (including phenoxy) is 1. The van der Waals surface area contributed by atoms with Crippen LogP contribution in [0.5, 0.6) is 0 Å². The highest BCUT2D eigenvalue weighted by atomic mass is 16.5. The molecule has 19 heavy (non-hydrogen) atoms. The van der Waals surface area contributed by atoms with Crippen molar-refractivity contribution in [2.24, 2.45) is 0 Å². The molecule has 0 spiro atoms. The predicted octanol–water partition coefficient (Wildman–Crippen LogP) is 6.28. The zero-order valence-electron chi connectivity index (χ0n) is 13.5. The molecule has 1 heteroatoms. The monoisotopic (exact) mass is 268 g/mol. The van der Waals surface area contributed by atoms with Crippen LogP contribution in [0, 0.1) is 0 Å². The van der Waals surface area contributed by atoms with Crippen LogP contribution in [0.15, 0.2) is 12.2 Å². The average molecular weight is 268 g/mol. The minimum absolute atomic E-state index is 0.936. The normalized spacial score (nSPS) is 10.8. The lowest BCUT2D eigenvalue weighted by Crippen LogP contribution is -1.88. The molecule has 0 aromatic heterocycles. The molecule has 0 aromatic carbocycles. The van der Waals surface area contributed by atoms with Crippen LogP contribution in [-0.4, -0.2) is 13.7 Å². The van der Waals surface area contributed by atoms with Gasteiger partial charge in [0.25, 0.3) is 0 Å². The van der Waals surface area contributed by atoms with Gasteiger partial charge in [0, 0.05) is 13.7 Å². The highest BCUT2D eigenvalue weighted by Crippen LogP contribution is 2.13. The van der Waals surface area contributed by atoms with Gasteiger partial charge in [0.15, 0.2) is 0 Å². The first-order valence-electron chi connectivity index (χ1n) is 8.40. The van der Waals surface area contributed by atoms with Crippen molar-refractivity contribution in [1.29, 1.82) is 0 Å². The largest absolute Gasteiger partial charge is 0.385 e. The smallest absolute Gasteiger partial charge is 0.0462 e. The van der Waals surface area contributed by atoms with Crippen molar-refractivity contribution in [1.82, 2.24) is 0 Å². The molecule has 0 atom stereocenters. The summed E-state index contributed by atoms with van der Waals surface area (Å²) in [6.45, 7) is 7.02. The lowest BCUT2D eigenvalue weighted by atomic mass is 10.0. The minimum Gasteiger partial charge on any atom is -0.385 e. The summed E-state index contributed by atoms with van der Waals surface area (Å²) in [5.41, 5.74) is 1.34. The lowest BCUT2D eigenvalue weighted by molar-refractivity contribution is 0.192. The summed E-state index contributed by atoms with van der Waals surface area (Å²) >= 11 is 0. The lowest BCUT2D eigenvalue weighted by Gasteiger charge is -2.03. The second-order valence-corrected chi connectivity index (χ2v) is 5.94. The maximum absolute atomic E-state index is 5.05. The second kappa shape index (κ2) is 15.8. The van der Waals surface area contributed by atoms with E-state index in [2.05, 4.69) is 13.5 Å². The van der Waals surface area contributed by atoms with Gasteiger partial charge in [-0.15, -0.1) is 6.58 Å². The number of allylic oxidation sites excluding steroid dienone is 1. The zero-order chi connectivity index (χ0) is 14.2. The van der Waals surface area contributed by atoms with Crippen LogP contribution in [0.1, 0.15) is 90.4 Å². The molecule has 0 radical (unpaired) electrons. The number of hydrogen-bond donors (Lipinski definition) is 0. The van der Waals surface area contributed by atoms with Gasteiger partial charge in [-0.25, -0.2) is 0 Å². The Balaban J connectivity index is 2.93. The van der Waals surface area contributed by atoms with Crippen molar-refractivity contribution in [3.8, 4) is 0 Å². The first kappa shape index (κ1) is 18.7. The van der Waals surface area contributed by atoms with Gasteiger partial charge in [-0.2, -0.15) is 0 Å². The standard InChI is InChI=1S/C18H36O/c1-18(2)16-14-12-10-8-6-4-5-7-9-11-13-15-17-19-3/h1,4-17H2,2-3H3. The van der Waals surface area contributed by atoms with E-state index in [4.69, 9.17) is 4.74 Å². The Morgan fingerprint density at radius 2 is 1.05 bits per heavy atom. The van der Waals surface area contributed by atoms with E-state index in [1.165, 1.54) is 89.0 Å². The molecule has 0 aliphatic carbocycles. The average Bonchev–Trinajstić information content (AvgIpc) is 2.39. The molecule has 0 aromatic rings. The third kappa shape index (κ3) is 17.7. The van der Waals surface area contributed by atoms with E-state index in [1.54, 1.807) is 7.11 Å². The van der Waals surface area contributed by atoms with E-state index in [0.717, 1.165) is 6.61 Å². The van der Waals surface area contributed by atoms with E-state index in [-0.39, 0.29) is 0 Å². The summed E-state index contributed by atoms with van der Waals surface area (Å²) in [5.74, 6) is 0. The van der Waals surface area contributed by atoms with E-state index in [9.17, 15) is 0 Å². The molecule has 0 heterocycles. The van der Waals surface area contributed by atoms with E-state index < -0.39 is 0 Å². The summed E-state index contributed by atoms with van der Waals surface area (Å²) in [6.07, 6.45) is 18.0. The molecule has 0 N–H and O–H groups in total. The van der Waals surface area contributed by atoms with Crippen molar-refractivity contribution in [2.45, 2.75) is 90.4 Å². The molecule has 0 rings (SSSR count). The summed E-state index contributed by atoms with van der Waals surface area (Å²) in [5, 5.41) is 0. The van der Waals surface area contributed by atoms with Gasteiger partial charge in [-0.05, 0) is 26.2 Å². The van der Waals surface area contributed by atoms with E-state index >= 15 is 0 Å². The summed E-state index contributed by atoms with van der Waals surface area (Å²) in [6, 6.07) is 0. The Bertz CT molecular complexity index is 186. The van der Waals surface area contributed by atoms with Crippen molar-refractivity contribution >= 4 is 0 Å². The van der Waals surface area contributed by atoms with Crippen LogP contribution in [0.4, 0.5) is 0 Å². The van der Waals surface area contributed by atoms with Crippen molar-refractivity contribution in [2.75, 3.05) is 13.7 Å². The highest BCUT2D eigenvalue weighted by Gasteiger charge is 1.94. The van der Waals surface area contributed by atoms with E-state index in [0.29, 0.717) is 0 Å². The minimum atomic E-state index is 0.936. The maximum Gasteiger partial charge on any atom is 0.0462 e. The third-order valence-electron chi connectivity index (χ3n) is 3.70. The molecule has 114 valence electrons. The number of hydrogen-bond acceptors (Lipinski definition) is 1. The maximum atomic E-state index is 5.05. The van der Waals surface area contributed by atoms with Crippen LogP contribution in [-0.2, 0) is 4.74 Å². The number of unbranched alkanes of at least 4 members (excludes halogenated alkanes) is 11. The summed E-state index contributed by atoms with van der Waals surface area (Å²) in [7, 11) is 1.79. The van der Waals surface area contributed by atoms with Crippen LogP contribution >= 0.6 is 0 Å². The SMILES string of the molecule is C=C(C)CCCCCCCCCCCCCCOC. The number of methoxy groups -OCH3 is 1. The fourth-order valence-electron chi connectivity index (χ4n) is 2.44. The Kier molecular flexibility index (Phi) is 15.5. The molecular weight excluding hydrogens is 232 g/mol. The third-order valence-corrected chi connectivity index (χ3v) is 3.70. The van der Waals surface area contributed by atoms with Crippen LogP contribution < -0.4 is 0 Å². The van der Waals surface area contributed by atoms with Crippen molar-refractivity contribution in [3.05, 3.63) is 12.2 Å².